The standard InChI is InChI=1S/C31H41N5O6S/c1-20(2)36-27-10-6-5-8-21(27)14-28(30(36)37)42-31(38)34-23-15-24-11-12-25(16-23)35(24)19-26(41-3)18-33-29(43(4,39)40)22-9-7-13-32-17-22/h5-10,13-14,17,20,23-26,29,33H,11-12,15-16,18-19H2,1-4H3,(H,34,38)/t23-,24-,25+,26?,29?. The number of benzene rings is 1. The molecule has 0 spiro atoms. The van der Waals surface area contributed by atoms with Gasteiger partial charge in [-0.1, -0.05) is 24.3 Å². The summed E-state index contributed by atoms with van der Waals surface area (Å²) in [5.41, 5.74) is 1.05. The Morgan fingerprint density at radius 1 is 1.12 bits per heavy atom. The number of pyridine rings is 2. The van der Waals surface area contributed by atoms with Crippen LogP contribution < -0.4 is 20.9 Å². The van der Waals surface area contributed by atoms with E-state index in [2.05, 4.69) is 20.5 Å². The van der Waals surface area contributed by atoms with Crippen LogP contribution in [0.5, 0.6) is 5.75 Å². The fourth-order valence-electron chi connectivity index (χ4n) is 6.58. The summed E-state index contributed by atoms with van der Waals surface area (Å²) in [6, 6.07) is 13.0. The van der Waals surface area contributed by atoms with Crippen LogP contribution in [0, 0.1) is 0 Å². The molecule has 12 heteroatoms. The first kappa shape index (κ1) is 31.1. The summed E-state index contributed by atoms with van der Waals surface area (Å²) >= 11 is 0. The molecule has 0 saturated carbocycles. The zero-order valence-corrected chi connectivity index (χ0v) is 25.9. The van der Waals surface area contributed by atoms with Crippen molar-refractivity contribution >= 4 is 26.8 Å². The second kappa shape index (κ2) is 13.1. The van der Waals surface area contributed by atoms with Crippen LogP contribution in [0.2, 0.25) is 0 Å². The number of aromatic nitrogens is 2. The average molecular weight is 612 g/mol. The van der Waals surface area contributed by atoms with E-state index in [1.165, 1.54) is 6.26 Å². The molecule has 3 aromatic rings. The van der Waals surface area contributed by atoms with E-state index < -0.39 is 21.3 Å². The highest BCUT2D eigenvalue weighted by molar-refractivity contribution is 7.90. The largest absolute Gasteiger partial charge is 0.413 e. The summed E-state index contributed by atoms with van der Waals surface area (Å²) in [6.45, 7) is 4.85. The lowest BCUT2D eigenvalue weighted by atomic mass is 9.97. The highest BCUT2D eigenvalue weighted by Gasteiger charge is 2.42. The van der Waals surface area contributed by atoms with Gasteiger partial charge in [0.05, 0.1) is 11.6 Å². The number of hydrogen-bond acceptors (Lipinski definition) is 9. The Kier molecular flexibility index (Phi) is 9.50. The second-order valence-electron chi connectivity index (χ2n) is 11.9. The number of piperidine rings is 1. The summed E-state index contributed by atoms with van der Waals surface area (Å²) in [7, 11) is -1.78. The molecular formula is C31H41N5O6S. The van der Waals surface area contributed by atoms with Crippen LogP contribution in [0.15, 0.2) is 59.7 Å². The van der Waals surface area contributed by atoms with E-state index in [4.69, 9.17) is 9.47 Å². The normalized spacial score (nSPS) is 22.0. The molecule has 2 N–H and O–H groups in total. The minimum atomic E-state index is -3.42. The van der Waals surface area contributed by atoms with Gasteiger partial charge in [0, 0.05) is 74.0 Å². The molecule has 2 fully saturated rings. The summed E-state index contributed by atoms with van der Waals surface area (Å²) in [6.07, 6.45) is 7.06. The van der Waals surface area contributed by atoms with Crippen molar-refractivity contribution in [2.75, 3.05) is 26.5 Å². The van der Waals surface area contributed by atoms with Gasteiger partial charge in [-0.25, -0.2) is 13.2 Å². The van der Waals surface area contributed by atoms with Crippen molar-refractivity contribution in [3.8, 4) is 5.75 Å². The number of rotatable bonds is 11. The van der Waals surface area contributed by atoms with Gasteiger partial charge in [-0.3, -0.25) is 20.0 Å². The molecule has 2 aromatic heterocycles. The molecule has 2 bridgehead atoms. The highest BCUT2D eigenvalue weighted by Crippen LogP contribution is 2.36. The van der Waals surface area contributed by atoms with E-state index in [-0.39, 0.29) is 41.6 Å². The van der Waals surface area contributed by atoms with Crippen LogP contribution in [-0.4, -0.2) is 79.6 Å². The summed E-state index contributed by atoms with van der Waals surface area (Å²) in [4.78, 5) is 32.6. The maximum atomic E-state index is 13.2. The van der Waals surface area contributed by atoms with Gasteiger partial charge < -0.3 is 19.4 Å². The first-order valence-electron chi connectivity index (χ1n) is 14.8. The Balaban J connectivity index is 1.19. The van der Waals surface area contributed by atoms with Crippen molar-refractivity contribution in [2.24, 2.45) is 0 Å². The minimum absolute atomic E-state index is 0.0134. The van der Waals surface area contributed by atoms with Gasteiger partial charge in [-0.05, 0) is 57.7 Å². The van der Waals surface area contributed by atoms with Crippen LogP contribution in [-0.2, 0) is 14.6 Å². The Bertz CT molecular complexity index is 1580. The smallest absolute Gasteiger partial charge is 0.404 e. The lowest BCUT2D eigenvalue weighted by Gasteiger charge is -2.40. The third kappa shape index (κ3) is 7.09. The van der Waals surface area contributed by atoms with Crippen molar-refractivity contribution < 1.29 is 22.7 Å². The number of hydrogen-bond donors (Lipinski definition) is 2. The molecule has 5 atom stereocenters. The maximum absolute atomic E-state index is 13.2. The molecule has 4 heterocycles. The number of para-hydroxylation sites is 1. The number of carbonyl (C=O) groups excluding carboxylic acids is 1. The average Bonchev–Trinajstić information content (AvgIpc) is 3.19. The van der Waals surface area contributed by atoms with Gasteiger partial charge in [0.15, 0.2) is 15.6 Å². The number of ether oxygens (including phenoxy) is 2. The first-order chi connectivity index (χ1) is 20.5. The molecule has 0 aliphatic carbocycles. The highest BCUT2D eigenvalue weighted by atomic mass is 32.2. The summed E-state index contributed by atoms with van der Waals surface area (Å²) in [5, 5.41) is 6.13. The topological polar surface area (TPSA) is 132 Å². The predicted octanol–water partition coefficient (Wildman–Crippen LogP) is 3.41. The maximum Gasteiger partial charge on any atom is 0.413 e. The van der Waals surface area contributed by atoms with Gasteiger partial charge in [-0.15, -0.1) is 0 Å². The molecule has 43 heavy (non-hydrogen) atoms. The van der Waals surface area contributed by atoms with Gasteiger partial charge in [0.2, 0.25) is 0 Å². The molecule has 11 nitrogen and oxygen atoms in total. The molecule has 232 valence electrons. The number of fused-ring (bicyclic) bond motifs is 3. The molecule has 2 unspecified atom stereocenters. The molecule has 0 radical (unpaired) electrons. The Labute approximate surface area is 252 Å². The zero-order valence-electron chi connectivity index (χ0n) is 25.1. The lowest BCUT2D eigenvalue weighted by Crippen LogP contribution is -2.53. The van der Waals surface area contributed by atoms with Crippen LogP contribution in [0.4, 0.5) is 4.79 Å². The molecule has 1 aromatic carbocycles. The van der Waals surface area contributed by atoms with Crippen LogP contribution in [0.3, 0.4) is 0 Å². The first-order valence-corrected chi connectivity index (χ1v) is 16.7. The fraction of sp³-hybridized carbons (Fsp3) is 0.516. The van der Waals surface area contributed by atoms with E-state index >= 15 is 0 Å². The van der Waals surface area contributed by atoms with Crippen LogP contribution >= 0.6 is 0 Å². The molecule has 5 rings (SSSR count). The van der Waals surface area contributed by atoms with E-state index in [0.29, 0.717) is 18.7 Å². The molecule has 2 aliphatic heterocycles. The summed E-state index contributed by atoms with van der Waals surface area (Å²) < 4.78 is 38.0. The van der Waals surface area contributed by atoms with E-state index in [1.807, 2.05) is 38.1 Å². The fourth-order valence-corrected chi connectivity index (χ4v) is 7.61. The Morgan fingerprint density at radius 2 is 1.84 bits per heavy atom. The number of nitrogens with one attached hydrogen (secondary N) is 2. The van der Waals surface area contributed by atoms with Gasteiger partial charge >= 0.3 is 6.09 Å². The van der Waals surface area contributed by atoms with E-state index in [9.17, 15) is 18.0 Å². The third-order valence-corrected chi connectivity index (χ3v) is 9.83. The second-order valence-corrected chi connectivity index (χ2v) is 14.0. The molecule has 2 saturated heterocycles. The molecule has 2 aliphatic rings. The van der Waals surface area contributed by atoms with Crippen molar-refractivity contribution in [3.05, 3.63) is 70.8 Å². The zero-order chi connectivity index (χ0) is 30.7. The Hall–Kier alpha value is -3.32. The van der Waals surface area contributed by atoms with E-state index in [0.717, 1.165) is 36.6 Å². The molecule has 1 amide bonds. The van der Waals surface area contributed by atoms with Crippen LogP contribution in [0.1, 0.15) is 56.5 Å². The Morgan fingerprint density at radius 3 is 2.47 bits per heavy atom. The van der Waals surface area contributed by atoms with Crippen molar-refractivity contribution in [1.82, 2.24) is 25.1 Å². The van der Waals surface area contributed by atoms with Crippen molar-refractivity contribution in [1.29, 1.82) is 0 Å². The number of carbonyl (C=O) groups is 1. The van der Waals surface area contributed by atoms with Crippen LogP contribution in [0.25, 0.3) is 10.9 Å². The number of sulfone groups is 1. The molecular weight excluding hydrogens is 570 g/mol. The third-order valence-electron chi connectivity index (χ3n) is 8.53. The van der Waals surface area contributed by atoms with Crippen molar-refractivity contribution in [3.63, 3.8) is 0 Å². The van der Waals surface area contributed by atoms with Gasteiger partial charge in [0.1, 0.15) is 5.37 Å². The number of methoxy groups -OCH3 is 1. The summed E-state index contributed by atoms with van der Waals surface area (Å²) in [5.74, 6) is 0.0134. The predicted molar refractivity (Wildman–Crippen MR) is 165 cm³/mol. The quantitative estimate of drug-likeness (QED) is 0.335. The SMILES string of the molecule is COC(CNC(c1cccnc1)S(C)(=O)=O)CN1[C@@H]2CC[C@H]1C[C@H](NC(=O)Oc1cc3ccccc3n(C(C)C)c1=O)C2. The van der Waals surface area contributed by atoms with Gasteiger partial charge in [-0.2, -0.15) is 0 Å². The monoisotopic (exact) mass is 611 g/mol. The van der Waals surface area contributed by atoms with E-state index in [1.54, 1.807) is 42.3 Å². The number of amides is 1. The lowest BCUT2D eigenvalue weighted by molar-refractivity contribution is 0.0264. The minimum Gasteiger partial charge on any atom is -0.404 e. The number of nitrogens with zero attached hydrogens (tertiary/aromatic N) is 3. The van der Waals surface area contributed by atoms with Crippen molar-refractivity contribution in [2.45, 2.75) is 75.2 Å². The van der Waals surface area contributed by atoms with Gasteiger partial charge in [0.25, 0.3) is 5.56 Å².